The van der Waals surface area contributed by atoms with Crippen LogP contribution < -0.4 is 11.1 Å². The van der Waals surface area contributed by atoms with E-state index in [1.165, 1.54) is 17.2 Å². The zero-order chi connectivity index (χ0) is 21.3. The van der Waals surface area contributed by atoms with Crippen molar-refractivity contribution in [2.45, 2.75) is 32.7 Å². The Balaban J connectivity index is 1.85. The minimum absolute atomic E-state index is 0.157. The molecule has 9 heteroatoms. The lowest BCUT2D eigenvalue weighted by Crippen LogP contribution is -2.46. The second-order valence-corrected chi connectivity index (χ2v) is 7.74. The summed E-state index contributed by atoms with van der Waals surface area (Å²) in [4.78, 5) is 30.8. The van der Waals surface area contributed by atoms with Gasteiger partial charge in [-0.3, -0.25) is 9.59 Å². The van der Waals surface area contributed by atoms with Gasteiger partial charge in [0, 0.05) is 6.54 Å². The monoisotopic (exact) mass is 422 g/mol. The van der Waals surface area contributed by atoms with Gasteiger partial charge < -0.3 is 16.0 Å². The number of hydrogen-bond donors (Lipinski definition) is 2. The van der Waals surface area contributed by atoms with Crippen molar-refractivity contribution in [1.29, 1.82) is 0 Å². The van der Waals surface area contributed by atoms with Gasteiger partial charge in [0.15, 0.2) is 11.6 Å². The molecule has 1 saturated heterocycles. The van der Waals surface area contributed by atoms with Gasteiger partial charge in [-0.2, -0.15) is 0 Å². The molecule has 3 rings (SSSR count). The summed E-state index contributed by atoms with van der Waals surface area (Å²) < 4.78 is 27.4. The topological polar surface area (TPSA) is 88.3 Å². The van der Waals surface area contributed by atoms with E-state index >= 15 is 0 Å². The van der Waals surface area contributed by atoms with Crippen LogP contribution >= 0.6 is 11.6 Å². The molecule has 2 aromatic rings. The first kappa shape index (κ1) is 21.0. The van der Waals surface area contributed by atoms with Gasteiger partial charge >= 0.3 is 11.8 Å². The first-order valence-electron chi connectivity index (χ1n) is 9.16. The SMILES string of the molecule is Cc1cc(NC(=O)C(=O)N2CC(C)CCC2c2cc(F)c(F)c(Cl)c2)cnc1N. The van der Waals surface area contributed by atoms with Crippen molar-refractivity contribution in [2.24, 2.45) is 5.92 Å². The molecule has 1 aliphatic heterocycles. The van der Waals surface area contributed by atoms with Crippen molar-refractivity contribution in [1.82, 2.24) is 9.88 Å². The fourth-order valence-corrected chi connectivity index (χ4v) is 3.68. The molecule has 154 valence electrons. The molecule has 2 unspecified atom stereocenters. The number of aromatic nitrogens is 1. The fourth-order valence-electron chi connectivity index (χ4n) is 3.46. The van der Waals surface area contributed by atoms with E-state index in [2.05, 4.69) is 10.3 Å². The quantitative estimate of drug-likeness (QED) is 0.568. The number of pyridine rings is 1. The molecular weight excluding hydrogens is 402 g/mol. The molecule has 1 fully saturated rings. The Kier molecular flexibility index (Phi) is 6.02. The summed E-state index contributed by atoms with van der Waals surface area (Å²) in [6.07, 6.45) is 2.64. The number of hydrogen-bond acceptors (Lipinski definition) is 4. The van der Waals surface area contributed by atoms with Crippen LogP contribution in [0.15, 0.2) is 24.4 Å². The molecule has 0 aliphatic carbocycles. The number of nitrogens with zero attached hydrogens (tertiary/aromatic N) is 2. The summed E-state index contributed by atoms with van der Waals surface area (Å²) in [5.41, 5.74) is 7.02. The number of piperidine rings is 1. The maximum absolute atomic E-state index is 13.9. The number of anilines is 2. The predicted molar refractivity (Wildman–Crippen MR) is 106 cm³/mol. The van der Waals surface area contributed by atoms with Crippen LogP contribution in [-0.4, -0.2) is 28.2 Å². The first-order chi connectivity index (χ1) is 13.7. The van der Waals surface area contributed by atoms with Gasteiger partial charge in [-0.15, -0.1) is 0 Å². The normalized spacial score (nSPS) is 19.1. The Hall–Kier alpha value is -2.74. The van der Waals surface area contributed by atoms with Crippen LogP contribution in [0.4, 0.5) is 20.3 Å². The lowest BCUT2D eigenvalue weighted by Gasteiger charge is -2.38. The third-order valence-electron chi connectivity index (χ3n) is 5.04. The zero-order valence-corrected chi connectivity index (χ0v) is 16.8. The van der Waals surface area contributed by atoms with Gasteiger partial charge in [0.05, 0.1) is 22.9 Å². The number of nitrogens with one attached hydrogen (secondary N) is 1. The second kappa shape index (κ2) is 8.32. The van der Waals surface area contributed by atoms with Crippen molar-refractivity contribution in [3.63, 3.8) is 0 Å². The van der Waals surface area contributed by atoms with Crippen LogP contribution in [0.1, 0.15) is 36.9 Å². The van der Waals surface area contributed by atoms with Crippen molar-refractivity contribution in [3.05, 3.63) is 52.2 Å². The summed E-state index contributed by atoms with van der Waals surface area (Å²) in [5.74, 6) is -3.35. The van der Waals surface area contributed by atoms with E-state index in [1.54, 1.807) is 13.0 Å². The Labute approximate surface area is 172 Å². The Morgan fingerprint density at radius 3 is 2.66 bits per heavy atom. The van der Waals surface area contributed by atoms with E-state index in [0.717, 1.165) is 12.5 Å². The van der Waals surface area contributed by atoms with Crippen LogP contribution in [-0.2, 0) is 9.59 Å². The van der Waals surface area contributed by atoms with Crippen LogP contribution in [0.3, 0.4) is 0 Å². The van der Waals surface area contributed by atoms with Crippen LogP contribution in [0.5, 0.6) is 0 Å². The van der Waals surface area contributed by atoms with E-state index < -0.39 is 29.5 Å². The fraction of sp³-hybridized carbons (Fsp3) is 0.350. The van der Waals surface area contributed by atoms with Crippen molar-refractivity contribution >= 4 is 34.9 Å². The third kappa shape index (κ3) is 4.48. The van der Waals surface area contributed by atoms with Crippen molar-refractivity contribution < 1.29 is 18.4 Å². The number of likely N-dealkylation sites (tertiary alicyclic amines) is 1. The standard InChI is InChI=1S/C20H21ClF2N4O2/c1-10-3-4-16(12-6-14(21)17(23)15(22)7-12)27(9-10)20(29)19(28)26-13-5-11(2)18(24)25-8-13/h5-8,10,16H,3-4,9H2,1-2H3,(H2,24,25)(H,26,28). The molecule has 1 aromatic carbocycles. The lowest BCUT2D eigenvalue weighted by molar-refractivity contribution is -0.146. The summed E-state index contributed by atoms with van der Waals surface area (Å²) in [6, 6.07) is 3.35. The highest BCUT2D eigenvalue weighted by Crippen LogP contribution is 2.35. The minimum Gasteiger partial charge on any atom is -0.383 e. The Morgan fingerprint density at radius 1 is 1.28 bits per heavy atom. The van der Waals surface area contributed by atoms with Crippen LogP contribution in [0.25, 0.3) is 0 Å². The molecule has 2 amide bonds. The number of nitrogens with two attached hydrogens (primary N) is 1. The molecule has 3 N–H and O–H groups in total. The molecular formula is C20H21ClF2N4O2. The third-order valence-corrected chi connectivity index (χ3v) is 5.32. The van der Waals surface area contributed by atoms with Gasteiger partial charge in [0.1, 0.15) is 5.82 Å². The smallest absolute Gasteiger partial charge is 0.313 e. The van der Waals surface area contributed by atoms with E-state index in [1.807, 2.05) is 6.92 Å². The molecule has 1 aromatic heterocycles. The number of benzene rings is 1. The van der Waals surface area contributed by atoms with Crippen molar-refractivity contribution in [3.8, 4) is 0 Å². The maximum atomic E-state index is 13.9. The first-order valence-corrected chi connectivity index (χ1v) is 9.53. The second-order valence-electron chi connectivity index (χ2n) is 7.33. The number of halogens is 3. The number of aryl methyl sites for hydroxylation is 1. The van der Waals surface area contributed by atoms with Gasteiger partial charge in [0.2, 0.25) is 0 Å². The molecule has 2 heterocycles. The predicted octanol–water partition coefficient (Wildman–Crippen LogP) is 3.84. The highest BCUT2D eigenvalue weighted by Gasteiger charge is 2.35. The number of amides is 2. The van der Waals surface area contributed by atoms with Crippen LogP contribution in [0.2, 0.25) is 5.02 Å². The summed E-state index contributed by atoms with van der Waals surface area (Å²) in [6.45, 7) is 4.00. The summed E-state index contributed by atoms with van der Waals surface area (Å²) >= 11 is 5.78. The molecule has 6 nitrogen and oxygen atoms in total. The van der Waals surface area contributed by atoms with E-state index in [9.17, 15) is 18.4 Å². The zero-order valence-electron chi connectivity index (χ0n) is 16.0. The molecule has 0 spiro atoms. The molecule has 1 aliphatic rings. The van der Waals surface area contributed by atoms with E-state index in [4.69, 9.17) is 17.3 Å². The maximum Gasteiger partial charge on any atom is 0.313 e. The number of carbonyl (C=O) groups is 2. The molecule has 0 radical (unpaired) electrons. The van der Waals surface area contributed by atoms with Gasteiger partial charge in [-0.25, -0.2) is 13.8 Å². The molecule has 0 bridgehead atoms. The highest BCUT2D eigenvalue weighted by molar-refractivity contribution is 6.39. The minimum atomic E-state index is -1.14. The van der Waals surface area contributed by atoms with E-state index in [-0.39, 0.29) is 10.9 Å². The highest BCUT2D eigenvalue weighted by atomic mass is 35.5. The van der Waals surface area contributed by atoms with E-state index in [0.29, 0.717) is 35.6 Å². The van der Waals surface area contributed by atoms with Gasteiger partial charge in [-0.05, 0) is 55.0 Å². The molecule has 0 saturated carbocycles. The Bertz CT molecular complexity index is 946. The summed E-state index contributed by atoms with van der Waals surface area (Å²) in [7, 11) is 0. The lowest BCUT2D eigenvalue weighted by atomic mass is 9.89. The molecule has 2 atom stereocenters. The van der Waals surface area contributed by atoms with Crippen LogP contribution in [0, 0.1) is 24.5 Å². The molecule has 29 heavy (non-hydrogen) atoms. The largest absolute Gasteiger partial charge is 0.383 e. The summed E-state index contributed by atoms with van der Waals surface area (Å²) in [5, 5.41) is 2.16. The average molecular weight is 423 g/mol. The number of nitrogen functional groups attached to an aromatic ring is 1. The number of rotatable bonds is 2. The average Bonchev–Trinajstić information content (AvgIpc) is 2.67. The Morgan fingerprint density at radius 2 is 2.00 bits per heavy atom. The van der Waals surface area contributed by atoms with Crippen molar-refractivity contribution in [2.75, 3.05) is 17.6 Å². The van der Waals surface area contributed by atoms with Gasteiger partial charge in [-0.1, -0.05) is 18.5 Å². The van der Waals surface area contributed by atoms with Gasteiger partial charge in [0.25, 0.3) is 0 Å². The number of carbonyl (C=O) groups excluding carboxylic acids is 2.